The van der Waals surface area contributed by atoms with Gasteiger partial charge in [-0.25, -0.2) is 4.98 Å². The minimum absolute atomic E-state index is 0.162. The summed E-state index contributed by atoms with van der Waals surface area (Å²) >= 11 is 3.36. The molecular weight excluding hydrogens is 396 g/mol. The lowest BCUT2D eigenvalue weighted by atomic mass is 9.90. The standard InChI is InChI=1S/C19H19BrN4O2/c1-19(2,3)16-13(21-10-22-16)9-15-18(26)23-14(17(25)24-15)8-11-4-6-12(20)7-5-11/h4-10H,1-3H3,(H,21,22)(H,23,26)(H,24,25)/b14-8-,15-9-. The molecule has 3 aromatic rings. The van der Waals surface area contributed by atoms with Gasteiger partial charge in [0.25, 0.3) is 11.1 Å². The number of nitrogens with one attached hydrogen (secondary N) is 3. The predicted octanol–water partition coefficient (Wildman–Crippen LogP) is 1.50. The molecule has 3 N–H and O–H groups in total. The van der Waals surface area contributed by atoms with Crippen molar-refractivity contribution < 1.29 is 0 Å². The maximum atomic E-state index is 12.4. The summed E-state index contributed by atoms with van der Waals surface area (Å²) in [5, 5.41) is 0.369. The number of imidazole rings is 1. The van der Waals surface area contributed by atoms with E-state index in [0.29, 0.717) is 5.69 Å². The van der Waals surface area contributed by atoms with Crippen LogP contribution in [0.1, 0.15) is 37.7 Å². The number of rotatable bonds is 2. The van der Waals surface area contributed by atoms with Crippen LogP contribution in [0.5, 0.6) is 0 Å². The Kier molecular flexibility index (Phi) is 4.82. The number of aromatic nitrogens is 4. The molecule has 0 amide bonds. The number of halogens is 1. The Balaban J connectivity index is 2.12. The Bertz CT molecular complexity index is 1160. The lowest BCUT2D eigenvalue weighted by Gasteiger charge is -2.16. The van der Waals surface area contributed by atoms with Gasteiger partial charge < -0.3 is 15.0 Å². The van der Waals surface area contributed by atoms with Gasteiger partial charge in [0.2, 0.25) is 0 Å². The number of aromatic amines is 3. The zero-order chi connectivity index (χ0) is 18.9. The van der Waals surface area contributed by atoms with E-state index in [1.165, 1.54) is 0 Å². The summed E-state index contributed by atoms with van der Waals surface area (Å²) in [6.45, 7) is 6.13. The highest BCUT2D eigenvalue weighted by Gasteiger charge is 2.19. The second-order valence-corrected chi connectivity index (χ2v) is 7.90. The average Bonchev–Trinajstić information content (AvgIpc) is 3.03. The molecule has 0 bridgehead atoms. The first kappa shape index (κ1) is 18.1. The van der Waals surface area contributed by atoms with Crippen LogP contribution in [-0.4, -0.2) is 19.9 Å². The van der Waals surface area contributed by atoms with Gasteiger partial charge in [0.1, 0.15) is 10.7 Å². The van der Waals surface area contributed by atoms with Gasteiger partial charge >= 0.3 is 0 Å². The van der Waals surface area contributed by atoms with Crippen molar-refractivity contribution in [3.8, 4) is 0 Å². The van der Waals surface area contributed by atoms with Crippen LogP contribution in [0.25, 0.3) is 12.2 Å². The van der Waals surface area contributed by atoms with Crippen molar-refractivity contribution >= 4 is 28.1 Å². The van der Waals surface area contributed by atoms with E-state index in [1.807, 2.05) is 45.0 Å². The van der Waals surface area contributed by atoms with Gasteiger partial charge in [-0.3, -0.25) is 9.59 Å². The molecule has 2 heterocycles. The quantitative estimate of drug-likeness (QED) is 0.592. The van der Waals surface area contributed by atoms with E-state index < -0.39 is 0 Å². The number of H-pyrrole nitrogens is 3. The Hall–Kier alpha value is -2.67. The summed E-state index contributed by atoms with van der Waals surface area (Å²) in [4.78, 5) is 37.4. The van der Waals surface area contributed by atoms with Crippen LogP contribution in [-0.2, 0) is 5.41 Å². The summed E-state index contributed by atoms with van der Waals surface area (Å²) < 4.78 is 0.940. The number of hydrogen-bond donors (Lipinski definition) is 3. The monoisotopic (exact) mass is 414 g/mol. The molecule has 6 nitrogen and oxygen atoms in total. The highest BCUT2D eigenvalue weighted by atomic mass is 79.9. The Labute approximate surface area is 157 Å². The fourth-order valence-corrected chi connectivity index (χ4v) is 2.84. The summed E-state index contributed by atoms with van der Waals surface area (Å²) in [6, 6.07) is 7.43. The molecule has 0 aliphatic carbocycles. The molecule has 0 unspecified atom stereocenters. The van der Waals surface area contributed by atoms with E-state index in [1.54, 1.807) is 18.5 Å². The van der Waals surface area contributed by atoms with Crippen molar-refractivity contribution in [1.29, 1.82) is 0 Å². The second-order valence-electron chi connectivity index (χ2n) is 6.99. The van der Waals surface area contributed by atoms with Crippen LogP contribution >= 0.6 is 15.9 Å². The van der Waals surface area contributed by atoms with Crippen LogP contribution in [0.2, 0.25) is 0 Å². The van der Waals surface area contributed by atoms with Crippen LogP contribution in [0.3, 0.4) is 0 Å². The van der Waals surface area contributed by atoms with E-state index in [9.17, 15) is 9.59 Å². The fraction of sp³-hybridized carbons (Fsp3) is 0.211. The van der Waals surface area contributed by atoms with Crippen molar-refractivity contribution in [2.24, 2.45) is 0 Å². The molecule has 0 saturated carbocycles. The molecule has 2 aromatic heterocycles. The Morgan fingerprint density at radius 1 is 0.962 bits per heavy atom. The zero-order valence-corrected chi connectivity index (χ0v) is 16.3. The number of benzene rings is 1. The zero-order valence-electron chi connectivity index (χ0n) is 14.7. The molecular formula is C19H19BrN4O2. The summed E-state index contributed by atoms with van der Waals surface area (Å²) in [5.41, 5.74) is 1.42. The number of hydrogen-bond acceptors (Lipinski definition) is 3. The smallest absolute Gasteiger partial charge is 0.272 e. The highest BCUT2D eigenvalue weighted by molar-refractivity contribution is 9.10. The molecule has 0 aliphatic heterocycles. The van der Waals surface area contributed by atoms with Crippen molar-refractivity contribution in [1.82, 2.24) is 19.9 Å². The molecule has 26 heavy (non-hydrogen) atoms. The average molecular weight is 415 g/mol. The van der Waals surface area contributed by atoms with Crippen molar-refractivity contribution in [3.05, 3.63) is 83.4 Å². The maximum Gasteiger partial charge on any atom is 0.272 e. The molecule has 0 atom stereocenters. The van der Waals surface area contributed by atoms with E-state index >= 15 is 0 Å². The largest absolute Gasteiger partial charge is 0.348 e. The molecule has 0 spiro atoms. The van der Waals surface area contributed by atoms with Crippen LogP contribution in [0, 0.1) is 0 Å². The first-order valence-electron chi connectivity index (χ1n) is 8.09. The SMILES string of the molecule is CC(C)(C)c1[nH]cnc1/C=c1\[nH]c(=O)/c(=C/c2ccc(Br)cc2)[nH]c1=O. The third kappa shape index (κ3) is 3.94. The van der Waals surface area contributed by atoms with Gasteiger partial charge in [-0.15, -0.1) is 0 Å². The van der Waals surface area contributed by atoms with E-state index in [4.69, 9.17) is 0 Å². The molecule has 7 heteroatoms. The van der Waals surface area contributed by atoms with E-state index in [0.717, 1.165) is 15.7 Å². The molecule has 0 fully saturated rings. The Morgan fingerprint density at radius 3 is 2.12 bits per heavy atom. The van der Waals surface area contributed by atoms with Crippen molar-refractivity contribution in [3.63, 3.8) is 0 Å². The minimum Gasteiger partial charge on any atom is -0.348 e. The summed E-state index contributed by atoms with van der Waals surface area (Å²) in [6.07, 6.45) is 4.79. The third-order valence-corrected chi connectivity index (χ3v) is 4.40. The lowest BCUT2D eigenvalue weighted by Crippen LogP contribution is -2.46. The molecule has 0 saturated heterocycles. The second kappa shape index (κ2) is 6.92. The van der Waals surface area contributed by atoms with Crippen LogP contribution in [0.4, 0.5) is 0 Å². The predicted molar refractivity (Wildman–Crippen MR) is 105 cm³/mol. The molecule has 3 rings (SSSR count). The summed E-state index contributed by atoms with van der Waals surface area (Å²) in [5.74, 6) is 0. The van der Waals surface area contributed by atoms with E-state index in [2.05, 4.69) is 35.9 Å². The molecule has 134 valence electrons. The van der Waals surface area contributed by atoms with Crippen molar-refractivity contribution in [2.45, 2.75) is 26.2 Å². The molecule has 0 aliphatic rings. The summed E-state index contributed by atoms with van der Waals surface area (Å²) in [7, 11) is 0. The minimum atomic E-state index is -0.379. The van der Waals surface area contributed by atoms with Gasteiger partial charge in [-0.1, -0.05) is 48.8 Å². The fourth-order valence-electron chi connectivity index (χ4n) is 2.57. The topological polar surface area (TPSA) is 94.4 Å². The van der Waals surface area contributed by atoms with Crippen LogP contribution in [0.15, 0.2) is 44.7 Å². The lowest BCUT2D eigenvalue weighted by molar-refractivity contribution is 0.571. The van der Waals surface area contributed by atoms with Gasteiger partial charge in [-0.05, 0) is 29.8 Å². The van der Waals surface area contributed by atoms with Gasteiger partial charge in [0.15, 0.2) is 0 Å². The molecule has 1 aromatic carbocycles. The number of nitrogens with zero attached hydrogens (tertiary/aromatic N) is 1. The van der Waals surface area contributed by atoms with Gasteiger partial charge in [0, 0.05) is 15.6 Å². The highest BCUT2D eigenvalue weighted by Crippen LogP contribution is 2.22. The maximum absolute atomic E-state index is 12.4. The van der Waals surface area contributed by atoms with Gasteiger partial charge in [0.05, 0.1) is 12.0 Å². The van der Waals surface area contributed by atoms with Gasteiger partial charge in [-0.2, -0.15) is 0 Å². The van der Waals surface area contributed by atoms with E-state index in [-0.39, 0.29) is 27.2 Å². The third-order valence-electron chi connectivity index (χ3n) is 3.87. The van der Waals surface area contributed by atoms with Crippen LogP contribution < -0.4 is 21.8 Å². The van der Waals surface area contributed by atoms with Crippen molar-refractivity contribution in [2.75, 3.05) is 0 Å². The molecule has 0 radical (unpaired) electrons. The Morgan fingerprint density at radius 2 is 1.54 bits per heavy atom. The first-order chi connectivity index (χ1) is 12.2. The normalized spacial score (nSPS) is 13.4. The first-order valence-corrected chi connectivity index (χ1v) is 8.89.